The van der Waals surface area contributed by atoms with Crippen LogP contribution in [0, 0.1) is 0 Å². The summed E-state index contributed by atoms with van der Waals surface area (Å²) in [7, 11) is 0. The highest BCUT2D eigenvalue weighted by atomic mass is 16.5. The first-order valence-electron chi connectivity index (χ1n) is 7.14. The minimum absolute atomic E-state index is 0.133. The Morgan fingerprint density at radius 1 is 1.16 bits per heavy atom. The Balaban J connectivity index is 2.60. The van der Waals surface area contributed by atoms with Gasteiger partial charge in [-0.05, 0) is 50.3 Å². The molecule has 0 fully saturated rings. The molecule has 1 aromatic rings. The molecule has 3 heteroatoms. The third-order valence-electron chi connectivity index (χ3n) is 3.38. The number of ether oxygens (including phenoxy) is 1. The Kier molecular flexibility index (Phi) is 6.32. The standard InChI is InChI=1S/C16H27NO2/c1-5-15(17)16(18)10-12(4)13-6-8-14(9-7-13)19-11(2)3/h6-9,11-12,15-16,18H,5,10,17H2,1-4H3. The van der Waals surface area contributed by atoms with Crippen molar-refractivity contribution in [2.75, 3.05) is 0 Å². The van der Waals surface area contributed by atoms with Crippen molar-refractivity contribution in [3.05, 3.63) is 29.8 Å². The van der Waals surface area contributed by atoms with Crippen LogP contribution in [0.1, 0.15) is 52.0 Å². The molecule has 0 bridgehead atoms. The maximum atomic E-state index is 9.97. The molecule has 0 amide bonds. The summed E-state index contributed by atoms with van der Waals surface area (Å²) in [6.45, 7) is 8.14. The molecule has 0 aliphatic carbocycles. The summed E-state index contributed by atoms with van der Waals surface area (Å²) in [5, 5.41) is 9.97. The van der Waals surface area contributed by atoms with Gasteiger partial charge < -0.3 is 15.6 Å². The number of hydrogen-bond donors (Lipinski definition) is 2. The minimum atomic E-state index is -0.438. The van der Waals surface area contributed by atoms with Gasteiger partial charge in [-0.1, -0.05) is 26.0 Å². The molecule has 3 nitrogen and oxygen atoms in total. The van der Waals surface area contributed by atoms with Gasteiger partial charge in [0.2, 0.25) is 0 Å². The zero-order valence-corrected chi connectivity index (χ0v) is 12.5. The van der Waals surface area contributed by atoms with E-state index < -0.39 is 6.10 Å². The molecule has 0 aliphatic heterocycles. The number of aliphatic hydroxyl groups is 1. The predicted molar refractivity (Wildman–Crippen MR) is 79.5 cm³/mol. The lowest BCUT2D eigenvalue weighted by Gasteiger charge is -2.21. The van der Waals surface area contributed by atoms with Gasteiger partial charge in [0.1, 0.15) is 5.75 Å². The zero-order valence-electron chi connectivity index (χ0n) is 12.5. The molecule has 1 rings (SSSR count). The number of aliphatic hydroxyl groups excluding tert-OH is 1. The fourth-order valence-corrected chi connectivity index (χ4v) is 2.09. The van der Waals surface area contributed by atoms with Crippen LogP contribution >= 0.6 is 0 Å². The smallest absolute Gasteiger partial charge is 0.119 e. The largest absolute Gasteiger partial charge is 0.491 e. The van der Waals surface area contributed by atoms with E-state index in [0.717, 1.165) is 12.2 Å². The minimum Gasteiger partial charge on any atom is -0.491 e. The molecule has 0 radical (unpaired) electrons. The van der Waals surface area contributed by atoms with E-state index in [1.54, 1.807) is 0 Å². The SMILES string of the molecule is CCC(N)C(O)CC(C)c1ccc(OC(C)C)cc1. The van der Waals surface area contributed by atoms with Crippen molar-refractivity contribution in [3.63, 3.8) is 0 Å². The molecule has 0 aliphatic rings. The first-order valence-corrected chi connectivity index (χ1v) is 7.14. The molecule has 0 heterocycles. The van der Waals surface area contributed by atoms with Crippen LogP contribution in [0.3, 0.4) is 0 Å². The highest BCUT2D eigenvalue weighted by Crippen LogP contribution is 2.24. The van der Waals surface area contributed by atoms with Crippen molar-refractivity contribution >= 4 is 0 Å². The van der Waals surface area contributed by atoms with Crippen LogP contribution < -0.4 is 10.5 Å². The van der Waals surface area contributed by atoms with Crippen LogP contribution in [-0.4, -0.2) is 23.4 Å². The van der Waals surface area contributed by atoms with Crippen molar-refractivity contribution < 1.29 is 9.84 Å². The molecule has 1 aromatic carbocycles. The summed E-state index contributed by atoms with van der Waals surface area (Å²) in [4.78, 5) is 0. The van der Waals surface area contributed by atoms with Gasteiger partial charge in [-0.25, -0.2) is 0 Å². The van der Waals surface area contributed by atoms with Crippen LogP contribution in [0.5, 0.6) is 5.75 Å². The fraction of sp³-hybridized carbons (Fsp3) is 0.625. The first kappa shape index (κ1) is 16.0. The van der Waals surface area contributed by atoms with Gasteiger partial charge in [0.05, 0.1) is 12.2 Å². The van der Waals surface area contributed by atoms with Gasteiger partial charge in [-0.15, -0.1) is 0 Å². The Morgan fingerprint density at radius 3 is 2.21 bits per heavy atom. The van der Waals surface area contributed by atoms with Gasteiger partial charge in [0.15, 0.2) is 0 Å². The maximum absolute atomic E-state index is 9.97. The highest BCUT2D eigenvalue weighted by Gasteiger charge is 2.17. The molecule has 0 saturated heterocycles. The van der Waals surface area contributed by atoms with E-state index in [4.69, 9.17) is 10.5 Å². The Morgan fingerprint density at radius 2 is 1.74 bits per heavy atom. The average Bonchev–Trinajstić information content (AvgIpc) is 2.37. The lowest BCUT2D eigenvalue weighted by atomic mass is 9.92. The van der Waals surface area contributed by atoms with E-state index in [2.05, 4.69) is 19.1 Å². The Bertz CT molecular complexity index is 362. The van der Waals surface area contributed by atoms with Crippen LogP contribution in [0.4, 0.5) is 0 Å². The van der Waals surface area contributed by atoms with Crippen molar-refractivity contribution in [1.82, 2.24) is 0 Å². The normalized spacial score (nSPS) is 16.2. The van der Waals surface area contributed by atoms with Crippen LogP contribution in [0.25, 0.3) is 0 Å². The van der Waals surface area contributed by atoms with Gasteiger partial charge >= 0.3 is 0 Å². The van der Waals surface area contributed by atoms with Gasteiger partial charge in [-0.3, -0.25) is 0 Å². The van der Waals surface area contributed by atoms with E-state index in [9.17, 15) is 5.11 Å². The summed E-state index contributed by atoms with van der Waals surface area (Å²) in [5.74, 6) is 1.18. The van der Waals surface area contributed by atoms with E-state index in [1.807, 2.05) is 32.9 Å². The topological polar surface area (TPSA) is 55.5 Å². The number of hydrogen-bond acceptors (Lipinski definition) is 3. The molecule has 3 unspecified atom stereocenters. The second-order valence-electron chi connectivity index (χ2n) is 5.51. The first-order chi connectivity index (χ1) is 8.93. The molecule has 0 spiro atoms. The van der Waals surface area contributed by atoms with Crippen molar-refractivity contribution in [3.8, 4) is 5.75 Å². The summed E-state index contributed by atoms with van der Waals surface area (Å²) >= 11 is 0. The van der Waals surface area contributed by atoms with Crippen molar-refractivity contribution in [1.29, 1.82) is 0 Å². The summed E-state index contributed by atoms with van der Waals surface area (Å²) < 4.78 is 5.62. The maximum Gasteiger partial charge on any atom is 0.119 e. The van der Waals surface area contributed by atoms with E-state index in [0.29, 0.717) is 12.3 Å². The summed E-state index contributed by atoms with van der Waals surface area (Å²) in [6, 6.07) is 7.96. The zero-order chi connectivity index (χ0) is 14.4. The van der Waals surface area contributed by atoms with Gasteiger partial charge in [0, 0.05) is 6.04 Å². The average molecular weight is 265 g/mol. The van der Waals surface area contributed by atoms with Crippen LogP contribution in [-0.2, 0) is 0 Å². The second-order valence-corrected chi connectivity index (χ2v) is 5.51. The quantitative estimate of drug-likeness (QED) is 0.796. The molecule has 0 aromatic heterocycles. The lowest BCUT2D eigenvalue weighted by molar-refractivity contribution is 0.126. The monoisotopic (exact) mass is 265 g/mol. The van der Waals surface area contributed by atoms with Crippen molar-refractivity contribution in [2.24, 2.45) is 5.73 Å². The molecule has 3 atom stereocenters. The van der Waals surface area contributed by atoms with E-state index >= 15 is 0 Å². The molecular formula is C16H27NO2. The number of nitrogens with two attached hydrogens (primary N) is 1. The molecule has 3 N–H and O–H groups in total. The molecule has 19 heavy (non-hydrogen) atoms. The Hall–Kier alpha value is -1.06. The fourth-order valence-electron chi connectivity index (χ4n) is 2.09. The van der Waals surface area contributed by atoms with E-state index in [1.165, 1.54) is 5.56 Å². The molecule has 108 valence electrons. The lowest BCUT2D eigenvalue weighted by Crippen LogP contribution is -2.34. The second kappa shape index (κ2) is 7.51. The van der Waals surface area contributed by atoms with Crippen LogP contribution in [0.15, 0.2) is 24.3 Å². The van der Waals surface area contributed by atoms with Gasteiger partial charge in [-0.2, -0.15) is 0 Å². The van der Waals surface area contributed by atoms with Crippen molar-refractivity contribution in [2.45, 2.75) is 64.7 Å². The Labute approximate surface area is 116 Å². The highest BCUT2D eigenvalue weighted by molar-refractivity contribution is 5.29. The summed E-state index contributed by atoms with van der Waals surface area (Å²) in [6.07, 6.45) is 1.24. The summed E-state index contributed by atoms with van der Waals surface area (Å²) in [5.41, 5.74) is 7.06. The van der Waals surface area contributed by atoms with Gasteiger partial charge in [0.25, 0.3) is 0 Å². The van der Waals surface area contributed by atoms with E-state index in [-0.39, 0.29) is 12.1 Å². The number of rotatable bonds is 7. The van der Waals surface area contributed by atoms with Crippen LogP contribution in [0.2, 0.25) is 0 Å². The third-order valence-corrected chi connectivity index (χ3v) is 3.38. The number of benzene rings is 1. The molecule has 0 saturated carbocycles. The third kappa shape index (κ3) is 5.21. The predicted octanol–water partition coefficient (Wildman–Crippen LogP) is 3.07. The molecular weight excluding hydrogens is 238 g/mol.